The summed E-state index contributed by atoms with van der Waals surface area (Å²) in [6.07, 6.45) is 4.28. The van der Waals surface area contributed by atoms with E-state index in [1.807, 2.05) is 19.1 Å². The molecule has 0 atom stereocenters. The zero-order chi connectivity index (χ0) is 10.6. The monoisotopic (exact) mass is 190 g/mol. The van der Waals surface area contributed by atoms with E-state index in [4.69, 9.17) is 4.74 Å². The number of hydrogen-bond donors (Lipinski definition) is 0. The number of methoxy groups -OCH3 is 1. The van der Waals surface area contributed by atoms with Gasteiger partial charge in [-0.05, 0) is 24.6 Å². The summed E-state index contributed by atoms with van der Waals surface area (Å²) < 4.78 is 5.20. The molecule has 0 unspecified atom stereocenters. The zero-order valence-electron chi connectivity index (χ0n) is 9.37. The number of ether oxygens (including phenoxy) is 1. The van der Waals surface area contributed by atoms with Crippen molar-refractivity contribution in [1.82, 2.24) is 0 Å². The second-order valence-corrected chi connectivity index (χ2v) is 3.95. The molecule has 1 aromatic rings. The van der Waals surface area contributed by atoms with Crippen molar-refractivity contribution in [3.63, 3.8) is 0 Å². The Morgan fingerprint density at radius 2 is 2.00 bits per heavy atom. The van der Waals surface area contributed by atoms with Crippen LogP contribution in [0.1, 0.15) is 26.3 Å². The molecule has 14 heavy (non-hydrogen) atoms. The summed E-state index contributed by atoms with van der Waals surface area (Å²) >= 11 is 0. The van der Waals surface area contributed by atoms with Crippen LogP contribution in [0.3, 0.4) is 0 Å². The lowest BCUT2D eigenvalue weighted by Crippen LogP contribution is -2.13. The van der Waals surface area contributed by atoms with E-state index in [9.17, 15) is 0 Å². The number of rotatable bonds is 3. The van der Waals surface area contributed by atoms with Crippen LogP contribution in [0.2, 0.25) is 0 Å². The molecule has 0 radical (unpaired) electrons. The van der Waals surface area contributed by atoms with E-state index in [1.54, 1.807) is 7.11 Å². The van der Waals surface area contributed by atoms with Crippen molar-refractivity contribution in [2.24, 2.45) is 0 Å². The topological polar surface area (TPSA) is 9.23 Å². The maximum atomic E-state index is 5.20. The van der Waals surface area contributed by atoms with E-state index in [-0.39, 0.29) is 5.41 Å². The summed E-state index contributed by atoms with van der Waals surface area (Å²) in [4.78, 5) is 0. The summed E-state index contributed by atoms with van der Waals surface area (Å²) in [5.74, 6) is 0.917. The van der Waals surface area contributed by atoms with Crippen LogP contribution in [0, 0.1) is 0 Å². The second kappa shape index (κ2) is 4.32. The van der Waals surface area contributed by atoms with Gasteiger partial charge >= 0.3 is 0 Å². The second-order valence-electron chi connectivity index (χ2n) is 3.95. The molecule has 0 aromatic heterocycles. The van der Waals surface area contributed by atoms with Gasteiger partial charge in [-0.15, -0.1) is 0 Å². The van der Waals surface area contributed by atoms with Gasteiger partial charge in [0.15, 0.2) is 0 Å². The van der Waals surface area contributed by atoms with Gasteiger partial charge in [0, 0.05) is 5.41 Å². The van der Waals surface area contributed by atoms with Gasteiger partial charge in [-0.2, -0.15) is 0 Å². The molecule has 0 aliphatic heterocycles. The third-order valence-electron chi connectivity index (χ3n) is 2.40. The minimum absolute atomic E-state index is 0.0727. The van der Waals surface area contributed by atoms with Crippen LogP contribution in [0.5, 0.6) is 5.75 Å². The highest BCUT2D eigenvalue weighted by atomic mass is 16.5. The van der Waals surface area contributed by atoms with Crippen LogP contribution in [0.25, 0.3) is 0 Å². The highest BCUT2D eigenvalue weighted by molar-refractivity contribution is 5.35. The largest absolute Gasteiger partial charge is 0.497 e. The third-order valence-corrected chi connectivity index (χ3v) is 2.40. The molecule has 0 bridgehead atoms. The Labute approximate surface area is 86.4 Å². The molecule has 0 saturated carbocycles. The molecule has 76 valence electrons. The lowest BCUT2D eigenvalue weighted by atomic mass is 9.84. The van der Waals surface area contributed by atoms with Gasteiger partial charge in [-0.3, -0.25) is 0 Å². The van der Waals surface area contributed by atoms with Crippen LogP contribution in [-0.4, -0.2) is 7.11 Å². The fraction of sp³-hybridized carbons (Fsp3) is 0.385. The lowest BCUT2D eigenvalue weighted by Gasteiger charge is -2.21. The van der Waals surface area contributed by atoms with Crippen LogP contribution in [-0.2, 0) is 5.41 Å². The Hall–Kier alpha value is -1.24. The van der Waals surface area contributed by atoms with Gasteiger partial charge in [0.25, 0.3) is 0 Å². The Morgan fingerprint density at radius 1 is 1.29 bits per heavy atom. The zero-order valence-corrected chi connectivity index (χ0v) is 9.37. The molecule has 1 aromatic carbocycles. The van der Waals surface area contributed by atoms with Gasteiger partial charge in [-0.1, -0.05) is 38.1 Å². The van der Waals surface area contributed by atoms with E-state index < -0.39 is 0 Å². The maximum Gasteiger partial charge on any atom is 0.119 e. The molecular weight excluding hydrogens is 172 g/mol. The first-order valence-electron chi connectivity index (χ1n) is 4.88. The molecule has 0 heterocycles. The van der Waals surface area contributed by atoms with Gasteiger partial charge < -0.3 is 4.74 Å². The summed E-state index contributed by atoms with van der Waals surface area (Å²) in [6.45, 7) is 6.44. The van der Waals surface area contributed by atoms with Gasteiger partial charge in [-0.25, -0.2) is 0 Å². The van der Waals surface area contributed by atoms with Crippen molar-refractivity contribution in [3.8, 4) is 5.75 Å². The van der Waals surface area contributed by atoms with E-state index in [2.05, 4.69) is 38.1 Å². The van der Waals surface area contributed by atoms with E-state index in [0.29, 0.717) is 0 Å². The summed E-state index contributed by atoms with van der Waals surface area (Å²) in [7, 11) is 1.70. The fourth-order valence-corrected chi connectivity index (χ4v) is 1.54. The first kappa shape index (κ1) is 10.8. The minimum atomic E-state index is 0.0727. The average Bonchev–Trinajstić information content (AvgIpc) is 2.18. The molecule has 1 rings (SSSR count). The SMILES string of the molecule is CC=CC(C)(C)c1cccc(OC)c1. The summed E-state index contributed by atoms with van der Waals surface area (Å²) in [5, 5.41) is 0. The Balaban J connectivity index is 3.05. The summed E-state index contributed by atoms with van der Waals surface area (Å²) in [5.41, 5.74) is 1.35. The summed E-state index contributed by atoms with van der Waals surface area (Å²) in [6, 6.07) is 8.21. The predicted molar refractivity (Wildman–Crippen MR) is 60.8 cm³/mol. The molecule has 0 fully saturated rings. The molecule has 0 amide bonds. The van der Waals surface area contributed by atoms with Gasteiger partial charge in [0.2, 0.25) is 0 Å². The molecule has 0 aliphatic carbocycles. The molecule has 0 N–H and O–H groups in total. The Bertz CT molecular complexity index is 324. The third kappa shape index (κ3) is 2.38. The highest BCUT2D eigenvalue weighted by Gasteiger charge is 2.16. The molecular formula is C13H18O. The van der Waals surface area contributed by atoms with Crippen LogP contribution in [0.4, 0.5) is 0 Å². The molecule has 1 nitrogen and oxygen atoms in total. The van der Waals surface area contributed by atoms with E-state index in [1.165, 1.54) is 5.56 Å². The van der Waals surface area contributed by atoms with Crippen LogP contribution >= 0.6 is 0 Å². The van der Waals surface area contributed by atoms with Crippen molar-refractivity contribution in [2.45, 2.75) is 26.2 Å². The van der Waals surface area contributed by atoms with Crippen LogP contribution in [0.15, 0.2) is 36.4 Å². The van der Waals surface area contributed by atoms with E-state index in [0.717, 1.165) is 5.75 Å². The molecule has 1 heteroatoms. The molecule has 0 aliphatic rings. The van der Waals surface area contributed by atoms with Crippen molar-refractivity contribution in [3.05, 3.63) is 42.0 Å². The Morgan fingerprint density at radius 3 is 2.57 bits per heavy atom. The minimum Gasteiger partial charge on any atom is -0.497 e. The maximum absolute atomic E-state index is 5.20. The molecule has 0 saturated heterocycles. The standard InChI is InChI=1S/C13H18O/c1-5-9-13(2,3)11-7-6-8-12(10-11)14-4/h5-10H,1-4H3. The highest BCUT2D eigenvalue weighted by Crippen LogP contribution is 2.27. The van der Waals surface area contributed by atoms with Crippen LogP contribution < -0.4 is 4.74 Å². The molecule has 0 spiro atoms. The normalized spacial score (nSPS) is 12.0. The van der Waals surface area contributed by atoms with Gasteiger partial charge in [0.05, 0.1) is 7.11 Å². The lowest BCUT2D eigenvalue weighted by molar-refractivity contribution is 0.413. The number of hydrogen-bond acceptors (Lipinski definition) is 1. The first-order chi connectivity index (χ1) is 6.60. The predicted octanol–water partition coefficient (Wildman–Crippen LogP) is 3.55. The fourth-order valence-electron chi connectivity index (χ4n) is 1.54. The quantitative estimate of drug-likeness (QED) is 0.662. The van der Waals surface area contributed by atoms with Crippen molar-refractivity contribution >= 4 is 0 Å². The smallest absolute Gasteiger partial charge is 0.119 e. The number of allylic oxidation sites excluding steroid dienone is 2. The van der Waals surface area contributed by atoms with Crippen molar-refractivity contribution in [2.75, 3.05) is 7.11 Å². The first-order valence-corrected chi connectivity index (χ1v) is 4.88. The Kier molecular flexibility index (Phi) is 3.34. The van der Waals surface area contributed by atoms with E-state index >= 15 is 0 Å². The average molecular weight is 190 g/mol. The van der Waals surface area contributed by atoms with Gasteiger partial charge in [0.1, 0.15) is 5.75 Å². The van der Waals surface area contributed by atoms with Crippen molar-refractivity contribution in [1.29, 1.82) is 0 Å². The van der Waals surface area contributed by atoms with Crippen molar-refractivity contribution < 1.29 is 4.74 Å². The number of benzene rings is 1.